The lowest BCUT2D eigenvalue weighted by molar-refractivity contribution is 0.117. The van der Waals surface area contributed by atoms with Crippen molar-refractivity contribution in [2.45, 2.75) is 12.6 Å². The van der Waals surface area contributed by atoms with E-state index in [-0.39, 0.29) is 6.54 Å². The van der Waals surface area contributed by atoms with Crippen LogP contribution in [0, 0.1) is 0 Å². The number of rotatable bonds is 5. The van der Waals surface area contributed by atoms with Gasteiger partial charge in [-0.05, 0) is 5.56 Å². The normalized spacial score (nSPS) is 13.4. The van der Waals surface area contributed by atoms with Gasteiger partial charge in [-0.2, -0.15) is 5.10 Å². The highest BCUT2D eigenvalue weighted by Gasteiger charge is 2.24. The molecule has 2 rings (SSSR count). The van der Waals surface area contributed by atoms with Crippen LogP contribution in [0.2, 0.25) is 0 Å². The number of phosphoric ester groups is 1. The van der Waals surface area contributed by atoms with Crippen molar-refractivity contribution in [3.05, 3.63) is 48.5 Å². The smallest absolute Gasteiger partial charge is 0.303 e. The van der Waals surface area contributed by atoms with Gasteiger partial charge in [0, 0.05) is 0 Å². The molecule has 2 aromatic rings. The molecular formula is C10H12N3O4P. The molecule has 0 spiro atoms. The second-order valence-corrected chi connectivity index (χ2v) is 4.80. The molecule has 0 fully saturated rings. The topological polar surface area (TPSA) is 97.5 Å². The highest BCUT2D eigenvalue weighted by atomic mass is 31.2. The third-order valence-electron chi connectivity index (χ3n) is 2.26. The van der Waals surface area contributed by atoms with Gasteiger partial charge in [0.2, 0.25) is 0 Å². The van der Waals surface area contributed by atoms with Gasteiger partial charge in [0.25, 0.3) is 0 Å². The van der Waals surface area contributed by atoms with Crippen molar-refractivity contribution in [1.29, 1.82) is 0 Å². The van der Waals surface area contributed by atoms with E-state index >= 15 is 0 Å². The van der Waals surface area contributed by atoms with Crippen molar-refractivity contribution < 1.29 is 18.9 Å². The average molecular weight is 269 g/mol. The number of hydrogen-bond acceptors (Lipinski definition) is 4. The minimum atomic E-state index is -4.57. The number of hydrogen-bond donors (Lipinski definition) is 2. The van der Waals surface area contributed by atoms with Crippen LogP contribution >= 0.6 is 7.82 Å². The van der Waals surface area contributed by atoms with E-state index in [1.54, 1.807) is 24.3 Å². The first-order valence-electron chi connectivity index (χ1n) is 5.16. The van der Waals surface area contributed by atoms with Crippen molar-refractivity contribution in [3.8, 4) is 0 Å². The maximum Gasteiger partial charge on any atom is 0.470 e. The Balaban J connectivity index is 2.20. The summed E-state index contributed by atoms with van der Waals surface area (Å²) in [5.41, 5.74) is 0.663. The van der Waals surface area contributed by atoms with Gasteiger partial charge >= 0.3 is 7.82 Å². The lowest BCUT2D eigenvalue weighted by atomic mass is 10.1. The monoisotopic (exact) mass is 269 g/mol. The average Bonchev–Trinajstić information content (AvgIpc) is 2.80. The van der Waals surface area contributed by atoms with E-state index in [1.807, 2.05) is 6.07 Å². The van der Waals surface area contributed by atoms with Gasteiger partial charge in [0.1, 0.15) is 18.8 Å². The number of benzene rings is 1. The Morgan fingerprint density at radius 3 is 2.61 bits per heavy atom. The molecular weight excluding hydrogens is 257 g/mol. The Bertz CT molecular complexity index is 525. The first-order valence-corrected chi connectivity index (χ1v) is 6.69. The molecule has 0 bridgehead atoms. The van der Waals surface area contributed by atoms with Crippen molar-refractivity contribution in [3.63, 3.8) is 0 Å². The Kier molecular flexibility index (Phi) is 3.88. The van der Waals surface area contributed by atoms with E-state index in [0.717, 1.165) is 0 Å². The number of aromatic nitrogens is 3. The predicted molar refractivity (Wildman–Crippen MR) is 62.3 cm³/mol. The fourth-order valence-corrected chi connectivity index (χ4v) is 2.05. The summed E-state index contributed by atoms with van der Waals surface area (Å²) in [7, 11) is -4.57. The molecule has 8 heteroatoms. The van der Waals surface area contributed by atoms with Crippen LogP contribution in [0.25, 0.3) is 0 Å². The summed E-state index contributed by atoms with van der Waals surface area (Å²) in [6.45, 7) is 0.176. The molecule has 96 valence electrons. The van der Waals surface area contributed by atoms with E-state index < -0.39 is 13.9 Å². The molecule has 0 aliphatic carbocycles. The van der Waals surface area contributed by atoms with Crippen molar-refractivity contribution >= 4 is 7.82 Å². The molecule has 0 saturated heterocycles. The molecule has 7 nitrogen and oxygen atoms in total. The van der Waals surface area contributed by atoms with Gasteiger partial charge in [-0.25, -0.2) is 14.2 Å². The Morgan fingerprint density at radius 1 is 1.33 bits per heavy atom. The maximum absolute atomic E-state index is 11.0. The van der Waals surface area contributed by atoms with Gasteiger partial charge in [0.15, 0.2) is 0 Å². The van der Waals surface area contributed by atoms with Crippen LogP contribution in [-0.4, -0.2) is 24.6 Å². The fourth-order valence-electron chi connectivity index (χ4n) is 1.53. The van der Waals surface area contributed by atoms with Gasteiger partial charge in [-0.3, -0.25) is 4.52 Å². The minimum Gasteiger partial charge on any atom is -0.303 e. The zero-order valence-corrected chi connectivity index (χ0v) is 10.2. The van der Waals surface area contributed by atoms with Crippen molar-refractivity contribution in [2.24, 2.45) is 0 Å². The van der Waals surface area contributed by atoms with Gasteiger partial charge in [-0.15, -0.1) is 0 Å². The summed E-state index contributed by atoms with van der Waals surface area (Å²) in [5, 5.41) is 3.88. The number of phosphoric acid groups is 1. The first-order chi connectivity index (χ1) is 8.54. The SMILES string of the molecule is O=P(O)(O)OC(Cn1cncn1)c1ccccc1. The summed E-state index contributed by atoms with van der Waals surface area (Å²) < 4.78 is 17.2. The molecule has 0 amide bonds. The highest BCUT2D eigenvalue weighted by molar-refractivity contribution is 7.46. The van der Waals surface area contributed by atoms with Crippen LogP contribution in [0.5, 0.6) is 0 Å². The molecule has 1 heterocycles. The van der Waals surface area contributed by atoms with E-state index in [4.69, 9.17) is 14.3 Å². The second kappa shape index (κ2) is 5.41. The van der Waals surface area contributed by atoms with Gasteiger partial charge in [0.05, 0.1) is 6.54 Å². The molecule has 2 N–H and O–H groups in total. The zero-order chi connectivity index (χ0) is 13.0. The summed E-state index contributed by atoms with van der Waals surface area (Å²) in [6, 6.07) is 8.82. The molecule has 0 aliphatic rings. The Morgan fingerprint density at radius 2 is 2.06 bits per heavy atom. The lowest BCUT2D eigenvalue weighted by Gasteiger charge is -2.18. The molecule has 1 atom stereocenters. The molecule has 0 saturated carbocycles. The Labute approximate surface area is 103 Å². The van der Waals surface area contributed by atoms with Crippen LogP contribution in [-0.2, 0) is 15.6 Å². The molecule has 1 unspecified atom stereocenters. The van der Waals surface area contributed by atoms with E-state index in [2.05, 4.69) is 10.1 Å². The third-order valence-corrected chi connectivity index (χ3v) is 2.78. The van der Waals surface area contributed by atoms with E-state index in [0.29, 0.717) is 5.56 Å². The van der Waals surface area contributed by atoms with Crippen LogP contribution < -0.4 is 0 Å². The Hall–Kier alpha value is -1.53. The third kappa shape index (κ3) is 3.75. The first kappa shape index (κ1) is 12.9. The summed E-state index contributed by atoms with van der Waals surface area (Å²) in [4.78, 5) is 21.6. The van der Waals surface area contributed by atoms with Crippen molar-refractivity contribution in [2.75, 3.05) is 0 Å². The fraction of sp³-hybridized carbons (Fsp3) is 0.200. The quantitative estimate of drug-likeness (QED) is 0.789. The molecule has 0 radical (unpaired) electrons. The predicted octanol–water partition coefficient (Wildman–Crippen LogP) is 1.13. The van der Waals surface area contributed by atoms with Crippen LogP contribution in [0.4, 0.5) is 0 Å². The van der Waals surface area contributed by atoms with Crippen LogP contribution in [0.15, 0.2) is 43.0 Å². The van der Waals surface area contributed by atoms with E-state index in [9.17, 15) is 4.57 Å². The van der Waals surface area contributed by atoms with Crippen LogP contribution in [0.1, 0.15) is 11.7 Å². The number of nitrogens with zero attached hydrogens (tertiary/aromatic N) is 3. The largest absolute Gasteiger partial charge is 0.470 e. The van der Waals surface area contributed by atoms with E-state index in [1.165, 1.54) is 17.3 Å². The molecule has 0 aliphatic heterocycles. The standard InChI is InChI=1S/C10H12N3O4P/c14-18(15,16)17-10(6-13-8-11-7-12-13)9-4-2-1-3-5-9/h1-5,7-8,10H,6H2,(H2,14,15,16). The van der Waals surface area contributed by atoms with Crippen LogP contribution in [0.3, 0.4) is 0 Å². The molecule has 18 heavy (non-hydrogen) atoms. The van der Waals surface area contributed by atoms with Gasteiger partial charge < -0.3 is 9.79 Å². The highest BCUT2D eigenvalue weighted by Crippen LogP contribution is 2.42. The lowest BCUT2D eigenvalue weighted by Crippen LogP contribution is -2.12. The van der Waals surface area contributed by atoms with Gasteiger partial charge in [-0.1, -0.05) is 30.3 Å². The summed E-state index contributed by atoms with van der Waals surface area (Å²) in [5.74, 6) is 0. The summed E-state index contributed by atoms with van der Waals surface area (Å²) >= 11 is 0. The minimum absolute atomic E-state index is 0.176. The molecule has 1 aromatic heterocycles. The second-order valence-electron chi connectivity index (χ2n) is 3.61. The summed E-state index contributed by atoms with van der Waals surface area (Å²) in [6.07, 6.45) is 2.02. The zero-order valence-electron chi connectivity index (χ0n) is 9.33. The molecule has 1 aromatic carbocycles. The maximum atomic E-state index is 11.0. The van der Waals surface area contributed by atoms with Crippen molar-refractivity contribution in [1.82, 2.24) is 14.8 Å².